The van der Waals surface area contributed by atoms with Crippen LogP contribution < -0.4 is 15.8 Å². The summed E-state index contributed by atoms with van der Waals surface area (Å²) in [4.78, 5) is 11.3. The highest BCUT2D eigenvalue weighted by Gasteiger charge is 2.02. The number of carbonyl (C=O) groups is 1. The molecule has 0 saturated carbocycles. The van der Waals surface area contributed by atoms with Crippen molar-refractivity contribution in [2.45, 2.75) is 20.0 Å². The highest BCUT2D eigenvalue weighted by Crippen LogP contribution is 2.12. The standard InChI is InChI=1S/C13H20N2O3/c1-10(2)18-9-13(16)15-7-8-17-12-5-3-11(14)4-6-12/h3-6,10H,7-9,14H2,1-2H3,(H,15,16). The number of nitrogen functional groups attached to an aromatic ring is 1. The first-order valence-corrected chi connectivity index (χ1v) is 5.94. The van der Waals surface area contributed by atoms with Gasteiger partial charge in [-0.1, -0.05) is 0 Å². The van der Waals surface area contributed by atoms with E-state index in [1.54, 1.807) is 24.3 Å². The molecule has 0 aromatic heterocycles. The number of nitrogens with two attached hydrogens (primary N) is 1. The van der Waals surface area contributed by atoms with E-state index in [4.69, 9.17) is 15.2 Å². The fraction of sp³-hybridized carbons (Fsp3) is 0.462. The molecular weight excluding hydrogens is 232 g/mol. The summed E-state index contributed by atoms with van der Waals surface area (Å²) in [7, 11) is 0. The van der Waals surface area contributed by atoms with Gasteiger partial charge in [0, 0.05) is 5.69 Å². The first-order valence-electron chi connectivity index (χ1n) is 5.94. The Hall–Kier alpha value is -1.75. The number of anilines is 1. The second-order valence-electron chi connectivity index (χ2n) is 4.13. The fourth-order valence-electron chi connectivity index (χ4n) is 1.22. The van der Waals surface area contributed by atoms with Gasteiger partial charge >= 0.3 is 0 Å². The summed E-state index contributed by atoms with van der Waals surface area (Å²) in [5.74, 6) is 0.599. The van der Waals surface area contributed by atoms with E-state index < -0.39 is 0 Å². The predicted molar refractivity (Wildman–Crippen MR) is 70.4 cm³/mol. The molecule has 0 spiro atoms. The highest BCUT2D eigenvalue weighted by atomic mass is 16.5. The Bertz CT molecular complexity index is 363. The van der Waals surface area contributed by atoms with E-state index in [-0.39, 0.29) is 18.6 Å². The lowest BCUT2D eigenvalue weighted by molar-refractivity contribution is -0.127. The van der Waals surface area contributed by atoms with Gasteiger partial charge in [-0.15, -0.1) is 0 Å². The summed E-state index contributed by atoms with van der Waals surface area (Å²) in [5.41, 5.74) is 6.25. The van der Waals surface area contributed by atoms with Crippen LogP contribution in [0, 0.1) is 0 Å². The molecule has 0 aliphatic carbocycles. The Labute approximate surface area is 107 Å². The van der Waals surface area contributed by atoms with Gasteiger partial charge < -0.3 is 20.5 Å². The Morgan fingerprint density at radius 2 is 2.00 bits per heavy atom. The summed E-state index contributed by atoms with van der Waals surface area (Å²) in [6, 6.07) is 7.12. The minimum atomic E-state index is -0.135. The average Bonchev–Trinajstić information content (AvgIpc) is 2.34. The zero-order valence-electron chi connectivity index (χ0n) is 10.8. The molecule has 0 saturated heterocycles. The van der Waals surface area contributed by atoms with Crippen molar-refractivity contribution >= 4 is 11.6 Å². The predicted octanol–water partition coefficient (Wildman–Crippen LogP) is 1.19. The Kier molecular flexibility index (Phi) is 6.00. The zero-order chi connectivity index (χ0) is 13.4. The minimum Gasteiger partial charge on any atom is -0.492 e. The molecule has 100 valence electrons. The normalized spacial score (nSPS) is 10.4. The third-order valence-corrected chi connectivity index (χ3v) is 2.12. The summed E-state index contributed by atoms with van der Waals surface area (Å²) < 4.78 is 10.6. The van der Waals surface area contributed by atoms with E-state index in [2.05, 4.69) is 5.32 Å². The van der Waals surface area contributed by atoms with Crippen molar-refractivity contribution in [1.29, 1.82) is 0 Å². The Balaban J connectivity index is 2.11. The van der Waals surface area contributed by atoms with Crippen molar-refractivity contribution in [3.63, 3.8) is 0 Å². The van der Waals surface area contributed by atoms with Crippen LogP contribution in [0.1, 0.15) is 13.8 Å². The maximum Gasteiger partial charge on any atom is 0.246 e. The molecule has 1 aromatic rings. The number of carbonyl (C=O) groups excluding carboxylic acids is 1. The van der Waals surface area contributed by atoms with Crippen LogP contribution in [0.25, 0.3) is 0 Å². The molecule has 1 rings (SSSR count). The Morgan fingerprint density at radius 3 is 2.61 bits per heavy atom. The molecule has 1 amide bonds. The lowest BCUT2D eigenvalue weighted by Crippen LogP contribution is -2.32. The molecule has 0 unspecified atom stereocenters. The topological polar surface area (TPSA) is 73.6 Å². The summed E-state index contributed by atoms with van der Waals surface area (Å²) in [6.45, 7) is 4.72. The van der Waals surface area contributed by atoms with Crippen LogP contribution in [0.3, 0.4) is 0 Å². The quantitative estimate of drug-likeness (QED) is 0.564. The summed E-state index contributed by atoms with van der Waals surface area (Å²) >= 11 is 0. The second kappa shape index (κ2) is 7.55. The molecule has 0 fully saturated rings. The largest absolute Gasteiger partial charge is 0.492 e. The molecule has 0 atom stereocenters. The van der Waals surface area contributed by atoms with Crippen molar-refractivity contribution in [2.75, 3.05) is 25.5 Å². The molecule has 18 heavy (non-hydrogen) atoms. The zero-order valence-corrected chi connectivity index (χ0v) is 10.8. The van der Waals surface area contributed by atoms with E-state index in [0.29, 0.717) is 18.8 Å². The van der Waals surface area contributed by atoms with Crippen LogP contribution in [-0.4, -0.2) is 31.8 Å². The molecule has 5 heteroatoms. The molecule has 1 aromatic carbocycles. The van der Waals surface area contributed by atoms with Gasteiger partial charge in [0.25, 0.3) is 0 Å². The molecule has 0 heterocycles. The van der Waals surface area contributed by atoms with Crippen LogP contribution in [0.15, 0.2) is 24.3 Å². The highest BCUT2D eigenvalue weighted by molar-refractivity contribution is 5.77. The molecule has 0 radical (unpaired) electrons. The first kappa shape index (κ1) is 14.3. The van der Waals surface area contributed by atoms with E-state index in [0.717, 1.165) is 5.75 Å². The van der Waals surface area contributed by atoms with Crippen molar-refractivity contribution in [3.05, 3.63) is 24.3 Å². The fourth-order valence-corrected chi connectivity index (χ4v) is 1.22. The summed E-state index contributed by atoms with van der Waals surface area (Å²) in [6.07, 6.45) is 0.0572. The second-order valence-corrected chi connectivity index (χ2v) is 4.13. The van der Waals surface area contributed by atoms with Crippen LogP contribution in [0.2, 0.25) is 0 Å². The van der Waals surface area contributed by atoms with Crippen LogP contribution in [-0.2, 0) is 9.53 Å². The monoisotopic (exact) mass is 252 g/mol. The Morgan fingerprint density at radius 1 is 1.33 bits per heavy atom. The van der Waals surface area contributed by atoms with Crippen molar-refractivity contribution < 1.29 is 14.3 Å². The number of rotatable bonds is 7. The number of benzene rings is 1. The third kappa shape index (κ3) is 6.10. The van der Waals surface area contributed by atoms with E-state index in [1.165, 1.54) is 0 Å². The third-order valence-electron chi connectivity index (χ3n) is 2.12. The maximum absolute atomic E-state index is 11.3. The first-order chi connectivity index (χ1) is 8.58. The minimum absolute atomic E-state index is 0.0572. The van der Waals surface area contributed by atoms with Gasteiger partial charge in [0.1, 0.15) is 19.0 Å². The SMILES string of the molecule is CC(C)OCC(=O)NCCOc1ccc(N)cc1. The van der Waals surface area contributed by atoms with Gasteiger partial charge in [0.2, 0.25) is 5.91 Å². The van der Waals surface area contributed by atoms with Crippen LogP contribution >= 0.6 is 0 Å². The molecule has 5 nitrogen and oxygen atoms in total. The molecule has 3 N–H and O–H groups in total. The summed E-state index contributed by atoms with van der Waals surface area (Å²) in [5, 5.41) is 2.71. The van der Waals surface area contributed by atoms with Crippen molar-refractivity contribution in [2.24, 2.45) is 0 Å². The number of hydrogen-bond donors (Lipinski definition) is 2. The molecule has 0 aliphatic heterocycles. The number of amides is 1. The maximum atomic E-state index is 11.3. The molecule has 0 aliphatic rings. The number of hydrogen-bond acceptors (Lipinski definition) is 4. The van der Waals surface area contributed by atoms with Gasteiger partial charge in [-0.3, -0.25) is 4.79 Å². The van der Waals surface area contributed by atoms with E-state index in [9.17, 15) is 4.79 Å². The smallest absolute Gasteiger partial charge is 0.246 e. The lowest BCUT2D eigenvalue weighted by Gasteiger charge is -2.09. The van der Waals surface area contributed by atoms with Crippen molar-refractivity contribution in [3.8, 4) is 5.75 Å². The number of nitrogens with one attached hydrogen (secondary N) is 1. The molecular formula is C13H20N2O3. The van der Waals surface area contributed by atoms with E-state index in [1.807, 2.05) is 13.8 Å². The van der Waals surface area contributed by atoms with Gasteiger partial charge in [-0.2, -0.15) is 0 Å². The van der Waals surface area contributed by atoms with E-state index >= 15 is 0 Å². The van der Waals surface area contributed by atoms with Crippen LogP contribution in [0.4, 0.5) is 5.69 Å². The van der Waals surface area contributed by atoms with Gasteiger partial charge in [-0.05, 0) is 38.1 Å². The van der Waals surface area contributed by atoms with Gasteiger partial charge in [0.15, 0.2) is 0 Å². The average molecular weight is 252 g/mol. The van der Waals surface area contributed by atoms with Gasteiger partial charge in [0.05, 0.1) is 12.6 Å². The lowest BCUT2D eigenvalue weighted by atomic mass is 10.3. The van der Waals surface area contributed by atoms with Crippen LogP contribution in [0.5, 0.6) is 5.75 Å². The molecule has 0 bridgehead atoms. The number of ether oxygens (including phenoxy) is 2. The van der Waals surface area contributed by atoms with Gasteiger partial charge in [-0.25, -0.2) is 0 Å². The van der Waals surface area contributed by atoms with Crippen molar-refractivity contribution in [1.82, 2.24) is 5.32 Å².